The van der Waals surface area contributed by atoms with E-state index in [9.17, 15) is 28.6 Å². The third kappa shape index (κ3) is 4.36. The number of rotatable bonds is 6. The van der Waals surface area contributed by atoms with Crippen LogP contribution in [0.1, 0.15) is 19.3 Å². The Balaban J connectivity index is 1.73. The fourth-order valence-corrected chi connectivity index (χ4v) is 6.46. The molecule has 1 aliphatic heterocycles. The Morgan fingerprint density at radius 3 is 2.55 bits per heavy atom. The number of amides is 1. The van der Waals surface area contributed by atoms with Crippen LogP contribution in [0.2, 0.25) is 10.0 Å². The van der Waals surface area contributed by atoms with Crippen LogP contribution in [0.5, 0.6) is 0 Å². The van der Waals surface area contributed by atoms with E-state index < -0.39 is 37.5 Å². The first-order valence-electron chi connectivity index (χ1n) is 10.0. The lowest BCUT2D eigenvalue weighted by Gasteiger charge is -2.26. The summed E-state index contributed by atoms with van der Waals surface area (Å²) in [5.41, 5.74) is -1.09. The zero-order valence-corrected chi connectivity index (χ0v) is 19.4. The van der Waals surface area contributed by atoms with Gasteiger partial charge in [0.2, 0.25) is 5.91 Å². The topological polar surface area (TPSA) is 133 Å². The molecular weight excluding hydrogens is 491 g/mol. The van der Waals surface area contributed by atoms with Gasteiger partial charge in [-0.3, -0.25) is 14.9 Å². The average molecular weight is 509 g/mol. The molecule has 1 amide bonds. The molecule has 2 aliphatic rings. The van der Waals surface area contributed by atoms with Crippen molar-refractivity contribution in [2.75, 3.05) is 11.4 Å². The van der Waals surface area contributed by atoms with Gasteiger partial charge in [-0.25, -0.2) is 8.42 Å². The number of benzene rings is 2. The molecule has 0 unspecified atom stereocenters. The molecule has 2 atom stereocenters. The van der Waals surface area contributed by atoms with Crippen molar-refractivity contribution in [3.05, 3.63) is 62.6 Å². The van der Waals surface area contributed by atoms with Crippen molar-refractivity contribution in [3.63, 3.8) is 0 Å². The van der Waals surface area contributed by atoms with Gasteiger partial charge in [0.25, 0.3) is 5.69 Å². The van der Waals surface area contributed by atoms with E-state index in [4.69, 9.17) is 23.2 Å². The second kappa shape index (κ2) is 8.48. The molecule has 0 aromatic heterocycles. The van der Waals surface area contributed by atoms with E-state index in [1.54, 1.807) is 6.07 Å². The van der Waals surface area contributed by atoms with Gasteiger partial charge >= 0.3 is 0 Å². The monoisotopic (exact) mass is 508 g/mol. The van der Waals surface area contributed by atoms with Gasteiger partial charge in [-0.15, -0.1) is 0 Å². The molecule has 1 aliphatic carbocycles. The minimum atomic E-state index is -4.01. The van der Waals surface area contributed by atoms with Gasteiger partial charge in [-0.1, -0.05) is 35.3 Å². The largest absolute Gasteiger partial charge is 0.353 e. The number of halogens is 2. The fraction of sp³-hybridized carbons (Fsp3) is 0.333. The van der Waals surface area contributed by atoms with Crippen LogP contribution in [0.25, 0.3) is 0 Å². The zero-order valence-electron chi connectivity index (χ0n) is 17.1. The second-order valence-corrected chi connectivity index (χ2v) is 11.1. The van der Waals surface area contributed by atoms with Crippen molar-refractivity contribution < 1.29 is 18.1 Å². The number of nitrogens with one attached hydrogen (secondary N) is 1. The highest BCUT2D eigenvalue weighted by Crippen LogP contribution is 2.40. The number of anilines is 1. The number of nitriles is 1. The maximum absolute atomic E-state index is 13.4. The molecule has 9 nitrogen and oxygen atoms in total. The Hall–Kier alpha value is -2.87. The van der Waals surface area contributed by atoms with Crippen molar-refractivity contribution in [2.45, 2.75) is 41.0 Å². The van der Waals surface area contributed by atoms with Gasteiger partial charge in [-0.2, -0.15) is 5.26 Å². The number of carbonyl (C=O) groups is 1. The summed E-state index contributed by atoms with van der Waals surface area (Å²) >= 11 is 12.0. The number of nitro benzene ring substituents is 1. The number of carbonyl (C=O) groups excluding carboxylic acids is 1. The van der Waals surface area contributed by atoms with Crippen LogP contribution in [0.4, 0.5) is 11.4 Å². The summed E-state index contributed by atoms with van der Waals surface area (Å²) in [4.78, 5) is 25.5. The molecule has 2 aromatic rings. The Morgan fingerprint density at radius 1 is 1.24 bits per heavy atom. The number of hydrogen-bond donors (Lipinski definition) is 1. The Kier molecular flexibility index (Phi) is 5.99. The van der Waals surface area contributed by atoms with Gasteiger partial charge < -0.3 is 10.2 Å². The van der Waals surface area contributed by atoms with Crippen LogP contribution in [0.15, 0.2) is 47.4 Å². The predicted octanol–water partition coefficient (Wildman–Crippen LogP) is 3.50. The normalized spacial score (nSPS) is 21.3. The molecule has 2 aromatic carbocycles. The van der Waals surface area contributed by atoms with Crippen molar-refractivity contribution in [1.29, 1.82) is 5.26 Å². The lowest BCUT2D eigenvalue weighted by Crippen LogP contribution is -2.47. The summed E-state index contributed by atoms with van der Waals surface area (Å²) < 4.78 is 26.8. The number of nitrogens with zero attached hydrogens (tertiary/aromatic N) is 3. The lowest BCUT2D eigenvalue weighted by atomic mass is 10.1. The molecule has 4 rings (SSSR count). The van der Waals surface area contributed by atoms with E-state index in [0.29, 0.717) is 12.8 Å². The highest BCUT2D eigenvalue weighted by molar-refractivity contribution is 7.92. The van der Waals surface area contributed by atoms with E-state index in [0.717, 1.165) is 0 Å². The fourth-order valence-electron chi connectivity index (χ4n) is 3.99. The maximum atomic E-state index is 13.4. The van der Waals surface area contributed by atoms with Gasteiger partial charge in [0.1, 0.15) is 17.3 Å². The van der Waals surface area contributed by atoms with E-state index in [-0.39, 0.29) is 39.3 Å². The summed E-state index contributed by atoms with van der Waals surface area (Å²) in [7, 11) is -4.01. The molecule has 1 heterocycles. The van der Waals surface area contributed by atoms with Crippen LogP contribution < -0.4 is 10.2 Å². The molecule has 0 spiro atoms. The Bertz CT molecular complexity index is 1290. The van der Waals surface area contributed by atoms with Crippen molar-refractivity contribution in [3.8, 4) is 6.07 Å². The molecule has 172 valence electrons. The molecule has 0 bridgehead atoms. The molecule has 1 saturated heterocycles. The highest BCUT2D eigenvalue weighted by Gasteiger charge is 2.50. The van der Waals surface area contributed by atoms with Crippen molar-refractivity contribution in [1.82, 2.24) is 5.32 Å². The highest BCUT2D eigenvalue weighted by atomic mass is 35.5. The first-order valence-corrected chi connectivity index (χ1v) is 12.3. The number of sulfone groups is 1. The minimum Gasteiger partial charge on any atom is -0.353 e. The predicted molar refractivity (Wildman–Crippen MR) is 122 cm³/mol. The lowest BCUT2D eigenvalue weighted by molar-refractivity contribution is -0.384. The second-order valence-electron chi connectivity index (χ2n) is 8.07. The molecule has 1 saturated carbocycles. The quantitative estimate of drug-likeness (QED) is 0.466. The van der Waals surface area contributed by atoms with Gasteiger partial charge in [0, 0.05) is 17.6 Å². The van der Waals surface area contributed by atoms with Crippen LogP contribution in [-0.2, 0) is 14.6 Å². The summed E-state index contributed by atoms with van der Waals surface area (Å²) in [6, 6.07) is 10.9. The molecule has 33 heavy (non-hydrogen) atoms. The summed E-state index contributed by atoms with van der Waals surface area (Å²) in [5.74, 6) is -0.549. The minimum absolute atomic E-state index is 0.0472. The first-order chi connectivity index (χ1) is 15.6. The van der Waals surface area contributed by atoms with Crippen LogP contribution in [0, 0.1) is 21.4 Å². The van der Waals surface area contributed by atoms with Crippen LogP contribution >= 0.6 is 23.2 Å². The standard InChI is InChI=1S/C21H18Cl2N4O5S/c22-13-5-6-19(15(23)9-13)33(31,32)14-10-18(20(28)25-21(12-24)7-8-21)26(11-14)16-3-1-2-4-17(16)27(29)30/h1-6,9,14,18H,7-8,10-11H2,(H,25,28)/t14-,18+/m1/s1. The van der Waals surface area contributed by atoms with Crippen LogP contribution in [-0.4, -0.2) is 42.6 Å². The van der Waals surface area contributed by atoms with E-state index in [1.165, 1.54) is 41.3 Å². The maximum Gasteiger partial charge on any atom is 0.292 e. The molecule has 1 N–H and O–H groups in total. The molecular formula is C21H18Cl2N4O5S. The van der Waals surface area contributed by atoms with Crippen molar-refractivity contribution in [2.24, 2.45) is 0 Å². The van der Waals surface area contributed by atoms with Gasteiger partial charge in [0.15, 0.2) is 9.84 Å². The molecule has 2 fully saturated rings. The number of nitro groups is 1. The molecule has 12 heteroatoms. The zero-order chi connectivity index (χ0) is 24.0. The smallest absolute Gasteiger partial charge is 0.292 e. The van der Waals surface area contributed by atoms with E-state index in [1.807, 2.05) is 0 Å². The Morgan fingerprint density at radius 2 is 1.94 bits per heavy atom. The average Bonchev–Trinajstić information content (AvgIpc) is 3.38. The summed E-state index contributed by atoms with van der Waals surface area (Å²) in [6.45, 7) is -0.163. The third-order valence-corrected chi connectivity index (χ3v) is 8.77. The van der Waals surface area contributed by atoms with E-state index in [2.05, 4.69) is 11.4 Å². The first kappa shape index (κ1) is 23.3. The van der Waals surface area contributed by atoms with Crippen LogP contribution in [0.3, 0.4) is 0 Å². The molecule has 0 radical (unpaired) electrons. The van der Waals surface area contributed by atoms with Gasteiger partial charge in [-0.05, 0) is 43.5 Å². The number of hydrogen-bond acceptors (Lipinski definition) is 7. The van der Waals surface area contributed by atoms with Crippen molar-refractivity contribution >= 4 is 50.3 Å². The SMILES string of the molecule is N#CC1(NC(=O)[C@@H]2C[C@@H](S(=O)(=O)c3ccc(Cl)cc3Cl)CN2c2ccccc2[N+](=O)[O-])CC1. The van der Waals surface area contributed by atoms with E-state index >= 15 is 0 Å². The Labute approximate surface area is 200 Å². The van der Waals surface area contributed by atoms with Gasteiger partial charge in [0.05, 0.1) is 26.2 Å². The third-order valence-electron chi connectivity index (χ3n) is 5.92. The summed E-state index contributed by atoms with van der Waals surface area (Å²) in [6.07, 6.45) is 0.867. The summed E-state index contributed by atoms with van der Waals surface area (Å²) in [5, 5.41) is 22.8. The number of para-hydroxylation sites is 2.